The molecule has 35 heavy (non-hydrogen) atoms. The number of H-pyrrole nitrogens is 1. The highest BCUT2D eigenvalue weighted by Gasteiger charge is 2.21. The van der Waals surface area contributed by atoms with Crippen molar-refractivity contribution in [3.05, 3.63) is 69.6 Å². The Balaban J connectivity index is 1.78. The quantitative estimate of drug-likeness (QED) is 0.471. The molecule has 1 saturated heterocycles. The van der Waals surface area contributed by atoms with Gasteiger partial charge in [-0.2, -0.15) is 0 Å². The first-order valence-corrected chi connectivity index (χ1v) is 11.3. The van der Waals surface area contributed by atoms with Crippen molar-refractivity contribution in [1.29, 1.82) is 0 Å². The summed E-state index contributed by atoms with van der Waals surface area (Å²) in [5.74, 6) is 0.148. The first kappa shape index (κ1) is 24.0. The number of hydrogen-bond acceptors (Lipinski definition) is 7. The number of rotatable bonds is 6. The van der Waals surface area contributed by atoms with E-state index < -0.39 is 0 Å². The van der Waals surface area contributed by atoms with Gasteiger partial charge in [-0.15, -0.1) is 0 Å². The fourth-order valence-electron chi connectivity index (χ4n) is 4.24. The molecule has 3 aromatic rings. The summed E-state index contributed by atoms with van der Waals surface area (Å²) in [7, 11) is 3.19. The number of benzene rings is 2. The van der Waals surface area contributed by atoms with Gasteiger partial charge in [0.1, 0.15) is 5.75 Å². The molecule has 1 aliphatic heterocycles. The van der Waals surface area contributed by atoms with E-state index in [0.717, 1.165) is 22.2 Å². The van der Waals surface area contributed by atoms with Gasteiger partial charge in [-0.05, 0) is 36.2 Å². The van der Waals surface area contributed by atoms with E-state index in [-0.39, 0.29) is 11.5 Å². The minimum atomic E-state index is -0.294. The highest BCUT2D eigenvalue weighted by atomic mass is 16.5. The number of pyridine rings is 1. The predicted octanol–water partition coefficient (Wildman–Crippen LogP) is 2.93. The third kappa shape index (κ3) is 5.04. The molecule has 9 heteroatoms. The van der Waals surface area contributed by atoms with Crippen LogP contribution in [-0.4, -0.2) is 57.6 Å². The van der Waals surface area contributed by atoms with Crippen molar-refractivity contribution >= 4 is 40.0 Å². The highest BCUT2D eigenvalue weighted by Crippen LogP contribution is 2.32. The number of aromatic amines is 1. The van der Waals surface area contributed by atoms with Crippen LogP contribution in [0.2, 0.25) is 0 Å². The number of aryl methyl sites for hydroxylation is 1. The van der Waals surface area contributed by atoms with Crippen molar-refractivity contribution < 1.29 is 14.3 Å². The van der Waals surface area contributed by atoms with E-state index in [2.05, 4.69) is 20.2 Å². The average molecular weight is 476 g/mol. The van der Waals surface area contributed by atoms with Crippen LogP contribution in [0.15, 0.2) is 52.4 Å². The molecule has 4 rings (SSSR count). The van der Waals surface area contributed by atoms with E-state index in [0.29, 0.717) is 54.4 Å². The largest absolute Gasteiger partial charge is 0.494 e. The molecular weight excluding hydrogens is 446 g/mol. The van der Waals surface area contributed by atoms with Crippen LogP contribution in [0.3, 0.4) is 0 Å². The molecule has 0 atom stereocenters. The molecule has 1 aliphatic rings. The zero-order chi connectivity index (χ0) is 24.9. The number of fused-ring (bicyclic) bond motifs is 1. The summed E-state index contributed by atoms with van der Waals surface area (Å²) >= 11 is 0. The smallest absolute Gasteiger partial charge is 0.257 e. The summed E-state index contributed by atoms with van der Waals surface area (Å²) in [5.41, 5.74) is 10.3. The molecule has 4 N–H and O–H groups in total. The zero-order valence-corrected chi connectivity index (χ0v) is 20.1. The average Bonchev–Trinajstić information content (AvgIpc) is 2.87. The van der Waals surface area contributed by atoms with Crippen LogP contribution in [0.1, 0.15) is 21.5 Å². The maximum absolute atomic E-state index is 13.7. The van der Waals surface area contributed by atoms with Crippen LogP contribution in [-0.2, 0) is 4.74 Å². The van der Waals surface area contributed by atoms with Crippen molar-refractivity contribution in [3.63, 3.8) is 0 Å². The molecule has 0 spiro atoms. The topological polar surface area (TPSA) is 122 Å². The second kappa shape index (κ2) is 10.4. The van der Waals surface area contributed by atoms with Gasteiger partial charge in [0.2, 0.25) is 5.56 Å². The molecule has 2 heterocycles. The van der Waals surface area contributed by atoms with Crippen LogP contribution >= 0.6 is 0 Å². The Morgan fingerprint density at radius 2 is 2.00 bits per heavy atom. The number of allylic oxidation sites excluding steroid dienone is 1. The maximum atomic E-state index is 13.7. The second-order valence-electron chi connectivity index (χ2n) is 8.21. The van der Waals surface area contributed by atoms with Crippen molar-refractivity contribution in [2.45, 2.75) is 6.92 Å². The first-order valence-electron chi connectivity index (χ1n) is 11.3. The van der Waals surface area contributed by atoms with Gasteiger partial charge in [0.05, 0.1) is 37.1 Å². The van der Waals surface area contributed by atoms with Crippen LogP contribution in [0.5, 0.6) is 5.75 Å². The Morgan fingerprint density at radius 3 is 2.69 bits per heavy atom. The number of anilines is 2. The van der Waals surface area contributed by atoms with E-state index in [1.807, 2.05) is 31.2 Å². The summed E-state index contributed by atoms with van der Waals surface area (Å²) in [6, 6.07) is 10.7. The Morgan fingerprint density at radius 1 is 1.23 bits per heavy atom. The second-order valence-corrected chi connectivity index (χ2v) is 8.21. The Hall–Kier alpha value is -4.11. The summed E-state index contributed by atoms with van der Waals surface area (Å²) in [6.45, 7) is 4.40. The number of methoxy groups -OCH3 is 1. The molecule has 0 saturated carbocycles. The number of nitrogens with zero attached hydrogens (tertiary/aromatic N) is 2. The lowest BCUT2D eigenvalue weighted by Gasteiger charge is -2.30. The van der Waals surface area contributed by atoms with E-state index in [1.54, 1.807) is 19.3 Å². The number of carbonyl (C=O) groups excluding carboxylic acids is 1. The van der Waals surface area contributed by atoms with Gasteiger partial charge < -0.3 is 30.4 Å². The SMILES string of the molecule is CN=CC(=CN)c1ccc(N2CCOCC2)c(C(=O)Nc2cc3c(C)cc(=O)[nH]c3cc2OC)c1. The minimum absolute atomic E-state index is 0.194. The summed E-state index contributed by atoms with van der Waals surface area (Å²) < 4.78 is 11.0. The monoisotopic (exact) mass is 475 g/mol. The van der Waals surface area contributed by atoms with E-state index in [9.17, 15) is 9.59 Å². The molecule has 1 fully saturated rings. The van der Waals surface area contributed by atoms with Gasteiger partial charge in [0.25, 0.3) is 5.91 Å². The van der Waals surface area contributed by atoms with E-state index in [4.69, 9.17) is 15.2 Å². The molecule has 1 aromatic heterocycles. The van der Waals surface area contributed by atoms with E-state index in [1.165, 1.54) is 19.4 Å². The van der Waals surface area contributed by atoms with Crippen LogP contribution in [0.4, 0.5) is 11.4 Å². The van der Waals surface area contributed by atoms with Gasteiger partial charge in [0, 0.05) is 61.3 Å². The number of carbonyl (C=O) groups is 1. The molecule has 9 nitrogen and oxygen atoms in total. The van der Waals surface area contributed by atoms with Gasteiger partial charge in [-0.3, -0.25) is 14.6 Å². The number of nitrogens with two attached hydrogens (primary N) is 1. The number of amides is 1. The molecule has 0 bridgehead atoms. The Bertz CT molecular complexity index is 1370. The van der Waals surface area contributed by atoms with Gasteiger partial charge in [-0.25, -0.2) is 0 Å². The lowest BCUT2D eigenvalue weighted by molar-refractivity contribution is 0.102. The van der Waals surface area contributed by atoms with Gasteiger partial charge in [-0.1, -0.05) is 6.07 Å². The number of ether oxygens (including phenoxy) is 2. The third-order valence-corrected chi connectivity index (χ3v) is 5.99. The zero-order valence-electron chi connectivity index (χ0n) is 20.1. The fraction of sp³-hybridized carbons (Fsp3) is 0.269. The number of morpholine rings is 1. The normalized spacial score (nSPS) is 14.5. The first-order chi connectivity index (χ1) is 16.9. The fourth-order valence-corrected chi connectivity index (χ4v) is 4.24. The van der Waals surface area contributed by atoms with Crippen molar-refractivity contribution in [2.24, 2.45) is 10.7 Å². The standard InChI is InChI=1S/C26H29N5O4/c1-16-10-25(32)29-21-13-24(34-3)22(12-19(16)21)30-26(33)20-11-17(18(14-27)15-28-2)4-5-23(20)31-6-8-35-9-7-31/h4-5,10-15H,6-9,27H2,1-3H3,(H,29,32)(H,30,33). The number of aromatic nitrogens is 1. The van der Waals surface area contributed by atoms with Crippen molar-refractivity contribution in [2.75, 3.05) is 50.7 Å². The lowest BCUT2D eigenvalue weighted by Crippen LogP contribution is -2.37. The maximum Gasteiger partial charge on any atom is 0.257 e. The van der Waals surface area contributed by atoms with Gasteiger partial charge >= 0.3 is 0 Å². The Labute approximate surface area is 203 Å². The molecule has 182 valence electrons. The summed E-state index contributed by atoms with van der Waals surface area (Å²) in [4.78, 5) is 34.6. The van der Waals surface area contributed by atoms with Crippen molar-refractivity contribution in [1.82, 2.24) is 4.98 Å². The molecule has 0 aliphatic carbocycles. The number of nitrogens with one attached hydrogen (secondary N) is 2. The summed E-state index contributed by atoms with van der Waals surface area (Å²) in [6.07, 6.45) is 3.12. The highest BCUT2D eigenvalue weighted by molar-refractivity contribution is 6.13. The van der Waals surface area contributed by atoms with Crippen LogP contribution < -0.4 is 26.2 Å². The molecule has 0 unspecified atom stereocenters. The molecule has 0 radical (unpaired) electrons. The minimum Gasteiger partial charge on any atom is -0.494 e. The number of aliphatic imine (C=N–C) groups is 1. The third-order valence-electron chi connectivity index (χ3n) is 5.99. The van der Waals surface area contributed by atoms with Crippen molar-refractivity contribution in [3.8, 4) is 5.75 Å². The van der Waals surface area contributed by atoms with Crippen LogP contribution in [0.25, 0.3) is 16.5 Å². The number of hydrogen-bond donors (Lipinski definition) is 3. The van der Waals surface area contributed by atoms with E-state index >= 15 is 0 Å². The summed E-state index contributed by atoms with van der Waals surface area (Å²) in [5, 5.41) is 3.82. The molecule has 1 amide bonds. The lowest BCUT2D eigenvalue weighted by atomic mass is 10.0. The van der Waals surface area contributed by atoms with Gasteiger partial charge in [0.15, 0.2) is 0 Å². The molecule has 2 aromatic carbocycles. The predicted molar refractivity (Wildman–Crippen MR) is 140 cm³/mol. The Kier molecular flexibility index (Phi) is 7.17. The molecular formula is C26H29N5O4. The van der Waals surface area contributed by atoms with Crippen LogP contribution in [0, 0.1) is 6.92 Å².